The van der Waals surface area contributed by atoms with Gasteiger partial charge in [-0.25, -0.2) is 14.4 Å². The molecule has 0 spiro atoms. The molecular weight excluding hydrogens is 573 g/mol. The summed E-state index contributed by atoms with van der Waals surface area (Å²) in [5.74, 6) is 0.293. The lowest BCUT2D eigenvalue weighted by atomic mass is 10.1. The summed E-state index contributed by atoms with van der Waals surface area (Å²) >= 11 is 0. The predicted octanol–water partition coefficient (Wildman–Crippen LogP) is 5.83. The number of aromatic amines is 2. The molecule has 0 radical (unpaired) electrons. The summed E-state index contributed by atoms with van der Waals surface area (Å²) < 4.78 is 20.7. The fraction of sp³-hybridized carbons (Fsp3) is 0.273. The number of imidazole rings is 1. The Morgan fingerprint density at radius 3 is 2.69 bits per heavy atom. The second-order valence-electron chi connectivity index (χ2n) is 11.5. The van der Waals surface area contributed by atoms with Gasteiger partial charge < -0.3 is 15.0 Å². The van der Waals surface area contributed by atoms with Gasteiger partial charge in [0.1, 0.15) is 29.2 Å². The minimum Gasteiger partial charge on any atom is -0.492 e. The van der Waals surface area contributed by atoms with Crippen molar-refractivity contribution < 1.29 is 13.9 Å². The monoisotopic (exact) mass is 605 g/mol. The van der Waals surface area contributed by atoms with Crippen molar-refractivity contribution in [3.8, 4) is 39.8 Å². The van der Waals surface area contributed by atoms with Gasteiger partial charge in [-0.3, -0.25) is 24.8 Å². The molecule has 0 atom stereocenters. The molecule has 3 N–H and O–H groups in total. The molecule has 1 aliphatic rings. The maximum Gasteiger partial charge on any atom is 0.226 e. The Bertz CT molecular complexity index is 2010. The van der Waals surface area contributed by atoms with Crippen LogP contribution in [-0.4, -0.2) is 72.2 Å². The highest BCUT2D eigenvalue weighted by Crippen LogP contribution is 2.32. The molecule has 12 heteroatoms. The fourth-order valence-electron chi connectivity index (χ4n) is 5.50. The molecule has 45 heavy (non-hydrogen) atoms. The van der Waals surface area contributed by atoms with Gasteiger partial charge in [0.25, 0.3) is 0 Å². The summed E-state index contributed by atoms with van der Waals surface area (Å²) in [5.41, 5.74) is 6.25. The SMILES string of the molecule is CC(C)C(=O)Nc1cncc(-c2ccc3[nH]nc(-c4nc5c(-c6cc(F)cc(OCCN7CCCC7)c6)nccc5[nH]4)c3n2)c1. The summed E-state index contributed by atoms with van der Waals surface area (Å²) in [6, 6.07) is 12.0. The number of carbonyl (C=O) groups excluding carboxylic acids is 1. The molecule has 1 amide bonds. The number of amides is 1. The number of aromatic nitrogens is 7. The Balaban J connectivity index is 1.20. The number of likely N-dealkylation sites (tertiary alicyclic amines) is 1. The van der Waals surface area contributed by atoms with Crippen LogP contribution in [0.1, 0.15) is 26.7 Å². The lowest BCUT2D eigenvalue weighted by Gasteiger charge is -2.15. The molecular formula is C33H32FN9O2. The largest absolute Gasteiger partial charge is 0.492 e. The highest BCUT2D eigenvalue weighted by Gasteiger charge is 2.19. The van der Waals surface area contributed by atoms with E-state index in [1.165, 1.54) is 25.0 Å². The number of H-pyrrole nitrogens is 2. The third-order valence-corrected chi connectivity index (χ3v) is 7.88. The van der Waals surface area contributed by atoms with E-state index < -0.39 is 5.82 Å². The molecule has 1 fully saturated rings. The van der Waals surface area contributed by atoms with Gasteiger partial charge in [0, 0.05) is 42.0 Å². The molecule has 0 bridgehead atoms. The Labute approximate surface area is 258 Å². The zero-order valence-corrected chi connectivity index (χ0v) is 25.0. The topological polar surface area (TPSA) is 138 Å². The molecule has 1 aliphatic heterocycles. The average Bonchev–Trinajstić information content (AvgIpc) is 3.80. The number of pyridine rings is 3. The fourth-order valence-corrected chi connectivity index (χ4v) is 5.50. The van der Waals surface area contributed by atoms with Crippen molar-refractivity contribution in [2.24, 2.45) is 5.92 Å². The highest BCUT2D eigenvalue weighted by atomic mass is 19.1. The van der Waals surface area contributed by atoms with Gasteiger partial charge in [-0.15, -0.1) is 0 Å². The van der Waals surface area contributed by atoms with Crippen molar-refractivity contribution in [1.82, 2.24) is 40.0 Å². The summed E-state index contributed by atoms with van der Waals surface area (Å²) in [6.45, 7) is 7.13. The van der Waals surface area contributed by atoms with Crippen LogP contribution in [0.3, 0.4) is 0 Å². The van der Waals surface area contributed by atoms with Gasteiger partial charge in [-0.05, 0) is 62.3 Å². The second kappa shape index (κ2) is 12.0. The van der Waals surface area contributed by atoms with E-state index in [9.17, 15) is 9.18 Å². The van der Waals surface area contributed by atoms with Gasteiger partial charge in [0.05, 0.1) is 34.3 Å². The Morgan fingerprint density at radius 2 is 1.84 bits per heavy atom. The minimum atomic E-state index is -0.407. The third kappa shape index (κ3) is 5.96. The first kappa shape index (κ1) is 28.5. The summed E-state index contributed by atoms with van der Waals surface area (Å²) in [4.78, 5) is 36.5. The van der Waals surface area contributed by atoms with Crippen LogP contribution in [0, 0.1) is 11.7 Å². The molecule has 228 valence electrons. The van der Waals surface area contributed by atoms with Crippen molar-refractivity contribution in [3.63, 3.8) is 0 Å². The van der Waals surface area contributed by atoms with Gasteiger partial charge >= 0.3 is 0 Å². The molecule has 6 aromatic rings. The van der Waals surface area contributed by atoms with Gasteiger partial charge in [0.15, 0.2) is 11.5 Å². The van der Waals surface area contributed by atoms with Crippen LogP contribution in [0.25, 0.3) is 56.1 Å². The normalized spacial score (nSPS) is 13.7. The van der Waals surface area contributed by atoms with Crippen LogP contribution < -0.4 is 10.1 Å². The zero-order chi connectivity index (χ0) is 30.9. The standard InChI is InChI=1S/C33H32FN9O2/c1-19(2)33(44)37-23-14-21(17-35-18-23)25-5-6-27-30(38-25)31(42-41-27)32-39-26-7-8-36-28(29(26)40-32)20-13-22(34)16-24(15-20)45-12-11-43-9-3-4-10-43/h5-8,13-19H,3-4,9-12H2,1-2H3,(H,37,44)(H,39,40)(H,41,42). The summed E-state index contributed by atoms with van der Waals surface area (Å²) in [5, 5.41) is 10.4. The number of hydrogen-bond donors (Lipinski definition) is 3. The van der Waals surface area contributed by atoms with Crippen molar-refractivity contribution in [1.29, 1.82) is 0 Å². The molecule has 0 unspecified atom stereocenters. The number of hydrogen-bond acceptors (Lipinski definition) is 8. The van der Waals surface area contributed by atoms with Crippen LogP contribution in [0.2, 0.25) is 0 Å². The Hall–Kier alpha value is -5.23. The van der Waals surface area contributed by atoms with Crippen molar-refractivity contribution in [2.75, 3.05) is 31.6 Å². The molecule has 7 rings (SSSR count). The van der Waals surface area contributed by atoms with Crippen molar-refractivity contribution in [2.45, 2.75) is 26.7 Å². The van der Waals surface area contributed by atoms with Crippen LogP contribution in [0.15, 0.2) is 61.1 Å². The molecule has 1 aromatic carbocycles. The van der Waals surface area contributed by atoms with Gasteiger partial charge in [-0.2, -0.15) is 5.10 Å². The number of anilines is 1. The number of rotatable bonds is 9. The van der Waals surface area contributed by atoms with E-state index in [1.54, 1.807) is 24.7 Å². The van der Waals surface area contributed by atoms with E-state index in [-0.39, 0.29) is 11.8 Å². The molecule has 1 saturated heterocycles. The molecule has 11 nitrogen and oxygen atoms in total. The van der Waals surface area contributed by atoms with Crippen LogP contribution in [0.5, 0.6) is 5.75 Å². The number of nitrogens with zero attached hydrogens (tertiary/aromatic N) is 6. The minimum absolute atomic E-state index is 0.0901. The second-order valence-corrected chi connectivity index (χ2v) is 11.5. The molecule has 0 aliphatic carbocycles. The maximum atomic E-state index is 14.8. The molecule has 5 aromatic heterocycles. The highest BCUT2D eigenvalue weighted by molar-refractivity contribution is 5.95. The quantitative estimate of drug-likeness (QED) is 0.187. The van der Waals surface area contributed by atoms with Crippen LogP contribution >= 0.6 is 0 Å². The van der Waals surface area contributed by atoms with E-state index in [1.807, 2.05) is 38.1 Å². The number of benzene rings is 1. The van der Waals surface area contributed by atoms with E-state index in [4.69, 9.17) is 14.7 Å². The first-order valence-corrected chi connectivity index (χ1v) is 15.0. The van der Waals surface area contributed by atoms with Crippen LogP contribution in [0.4, 0.5) is 10.1 Å². The van der Waals surface area contributed by atoms with Gasteiger partial charge in [0.2, 0.25) is 5.91 Å². The van der Waals surface area contributed by atoms with E-state index in [0.717, 1.165) is 36.2 Å². The number of fused-ring (bicyclic) bond motifs is 2. The number of halogens is 1. The van der Waals surface area contributed by atoms with E-state index in [2.05, 4.69) is 35.4 Å². The lowest BCUT2D eigenvalue weighted by Crippen LogP contribution is -2.25. The molecule has 0 saturated carbocycles. The Kier molecular flexibility index (Phi) is 7.64. The van der Waals surface area contributed by atoms with Crippen molar-refractivity contribution >= 4 is 33.7 Å². The van der Waals surface area contributed by atoms with Crippen molar-refractivity contribution in [3.05, 3.63) is 66.9 Å². The lowest BCUT2D eigenvalue weighted by molar-refractivity contribution is -0.118. The number of carbonyl (C=O) groups is 1. The van der Waals surface area contributed by atoms with Crippen LogP contribution in [-0.2, 0) is 4.79 Å². The van der Waals surface area contributed by atoms with Gasteiger partial charge in [-0.1, -0.05) is 13.8 Å². The Morgan fingerprint density at radius 1 is 1.00 bits per heavy atom. The summed E-state index contributed by atoms with van der Waals surface area (Å²) in [6.07, 6.45) is 7.38. The summed E-state index contributed by atoms with van der Waals surface area (Å²) in [7, 11) is 0. The number of ether oxygens (including phenoxy) is 1. The first-order chi connectivity index (χ1) is 21.9. The predicted molar refractivity (Wildman–Crippen MR) is 170 cm³/mol. The number of nitrogens with one attached hydrogen (secondary N) is 3. The average molecular weight is 606 g/mol. The first-order valence-electron chi connectivity index (χ1n) is 15.0. The zero-order valence-electron chi connectivity index (χ0n) is 25.0. The molecule has 6 heterocycles. The smallest absolute Gasteiger partial charge is 0.226 e. The maximum absolute atomic E-state index is 14.8. The van der Waals surface area contributed by atoms with E-state index >= 15 is 0 Å². The van der Waals surface area contributed by atoms with E-state index in [0.29, 0.717) is 57.5 Å². The third-order valence-electron chi connectivity index (χ3n) is 7.88.